The Morgan fingerprint density at radius 3 is 2.80 bits per heavy atom. The minimum absolute atomic E-state index is 0.00200. The molecule has 88 valence electrons. The number of rotatable bonds is 4. The molecule has 0 aromatic heterocycles. The highest BCUT2D eigenvalue weighted by Gasteiger charge is 2.33. The standard InChI is InChI=1S/C11H21NO3/c1-13-7-6-12-5-3-2-4-10(12)11-14-8-9-15-11/h10-11H,2-9H2,1H3/t10-/m1/s1. The van der Waals surface area contributed by atoms with E-state index in [1.54, 1.807) is 7.11 Å². The molecule has 0 saturated carbocycles. The van der Waals surface area contributed by atoms with E-state index < -0.39 is 0 Å². The van der Waals surface area contributed by atoms with E-state index in [9.17, 15) is 0 Å². The number of ether oxygens (including phenoxy) is 3. The van der Waals surface area contributed by atoms with Gasteiger partial charge in [0.1, 0.15) is 0 Å². The topological polar surface area (TPSA) is 30.9 Å². The van der Waals surface area contributed by atoms with Crippen molar-refractivity contribution in [2.45, 2.75) is 31.6 Å². The summed E-state index contributed by atoms with van der Waals surface area (Å²) in [6.07, 6.45) is 3.76. The van der Waals surface area contributed by atoms with Gasteiger partial charge in [-0.05, 0) is 19.4 Å². The first kappa shape index (κ1) is 11.3. The zero-order chi connectivity index (χ0) is 10.5. The van der Waals surface area contributed by atoms with Crippen LogP contribution in [0.2, 0.25) is 0 Å². The van der Waals surface area contributed by atoms with Gasteiger partial charge in [0.25, 0.3) is 0 Å². The zero-order valence-corrected chi connectivity index (χ0v) is 9.48. The molecular formula is C11H21NO3. The predicted octanol–water partition coefficient (Wildman–Crippen LogP) is 0.860. The van der Waals surface area contributed by atoms with Crippen molar-refractivity contribution in [2.75, 3.05) is 40.0 Å². The van der Waals surface area contributed by atoms with Crippen molar-refractivity contribution in [2.24, 2.45) is 0 Å². The Labute approximate surface area is 91.5 Å². The van der Waals surface area contributed by atoms with Crippen LogP contribution < -0.4 is 0 Å². The summed E-state index contributed by atoms with van der Waals surface area (Å²) in [5.74, 6) is 0. The molecular weight excluding hydrogens is 194 g/mol. The number of likely N-dealkylation sites (tertiary alicyclic amines) is 1. The first-order valence-electron chi connectivity index (χ1n) is 5.88. The predicted molar refractivity (Wildman–Crippen MR) is 56.8 cm³/mol. The third-order valence-electron chi connectivity index (χ3n) is 3.21. The largest absolute Gasteiger partial charge is 0.383 e. The average Bonchev–Trinajstić information content (AvgIpc) is 2.80. The van der Waals surface area contributed by atoms with Crippen molar-refractivity contribution in [3.8, 4) is 0 Å². The van der Waals surface area contributed by atoms with Gasteiger partial charge in [0.05, 0.1) is 25.9 Å². The summed E-state index contributed by atoms with van der Waals surface area (Å²) in [5, 5.41) is 0. The molecule has 4 heteroatoms. The lowest BCUT2D eigenvalue weighted by Gasteiger charge is -2.37. The van der Waals surface area contributed by atoms with Gasteiger partial charge in [-0.2, -0.15) is 0 Å². The van der Waals surface area contributed by atoms with Gasteiger partial charge in [0, 0.05) is 13.7 Å². The molecule has 0 N–H and O–H groups in total. The third-order valence-corrected chi connectivity index (χ3v) is 3.21. The monoisotopic (exact) mass is 215 g/mol. The number of nitrogens with zero attached hydrogens (tertiary/aromatic N) is 1. The Bertz CT molecular complexity index is 183. The van der Waals surface area contributed by atoms with Crippen molar-refractivity contribution in [1.29, 1.82) is 0 Å². The highest BCUT2D eigenvalue weighted by Crippen LogP contribution is 2.23. The fourth-order valence-corrected chi connectivity index (χ4v) is 2.41. The van der Waals surface area contributed by atoms with Crippen LogP contribution in [0.3, 0.4) is 0 Å². The molecule has 2 heterocycles. The molecule has 2 aliphatic heterocycles. The summed E-state index contributed by atoms with van der Waals surface area (Å²) in [6, 6.07) is 0.441. The van der Waals surface area contributed by atoms with Crippen LogP contribution in [0.1, 0.15) is 19.3 Å². The van der Waals surface area contributed by atoms with E-state index in [0.29, 0.717) is 6.04 Å². The lowest BCUT2D eigenvalue weighted by molar-refractivity contribution is -0.111. The first-order valence-corrected chi connectivity index (χ1v) is 5.88. The Hall–Kier alpha value is -0.160. The average molecular weight is 215 g/mol. The number of hydrogen-bond donors (Lipinski definition) is 0. The molecule has 2 fully saturated rings. The zero-order valence-electron chi connectivity index (χ0n) is 9.48. The molecule has 0 spiro atoms. The van der Waals surface area contributed by atoms with Crippen LogP contribution in [0.4, 0.5) is 0 Å². The van der Waals surface area contributed by atoms with E-state index in [4.69, 9.17) is 14.2 Å². The summed E-state index contributed by atoms with van der Waals surface area (Å²) in [7, 11) is 1.75. The van der Waals surface area contributed by atoms with Crippen molar-refractivity contribution in [1.82, 2.24) is 4.90 Å². The molecule has 15 heavy (non-hydrogen) atoms. The Morgan fingerprint density at radius 1 is 1.27 bits per heavy atom. The molecule has 4 nitrogen and oxygen atoms in total. The van der Waals surface area contributed by atoms with E-state index in [1.807, 2.05) is 0 Å². The molecule has 0 aliphatic carbocycles. The lowest BCUT2D eigenvalue weighted by atomic mass is 10.0. The second-order valence-electron chi connectivity index (χ2n) is 4.20. The Balaban J connectivity index is 1.86. The van der Waals surface area contributed by atoms with Crippen LogP contribution in [-0.4, -0.2) is 57.3 Å². The molecule has 0 aromatic carbocycles. The third kappa shape index (κ3) is 2.91. The van der Waals surface area contributed by atoms with Gasteiger partial charge in [-0.1, -0.05) is 6.42 Å². The maximum atomic E-state index is 5.60. The van der Waals surface area contributed by atoms with Gasteiger partial charge < -0.3 is 14.2 Å². The van der Waals surface area contributed by atoms with Crippen LogP contribution in [-0.2, 0) is 14.2 Å². The van der Waals surface area contributed by atoms with Gasteiger partial charge in [0.2, 0.25) is 0 Å². The fourth-order valence-electron chi connectivity index (χ4n) is 2.41. The summed E-state index contributed by atoms with van der Waals surface area (Å²) in [6.45, 7) is 4.43. The molecule has 0 bridgehead atoms. The Morgan fingerprint density at radius 2 is 2.07 bits per heavy atom. The van der Waals surface area contributed by atoms with Gasteiger partial charge in [0.15, 0.2) is 6.29 Å². The summed E-state index contributed by atoms with van der Waals surface area (Å²) in [4.78, 5) is 2.45. The van der Waals surface area contributed by atoms with E-state index >= 15 is 0 Å². The van der Waals surface area contributed by atoms with Crippen molar-refractivity contribution in [3.63, 3.8) is 0 Å². The number of hydrogen-bond acceptors (Lipinski definition) is 4. The quantitative estimate of drug-likeness (QED) is 0.696. The van der Waals surface area contributed by atoms with Crippen LogP contribution in [0.5, 0.6) is 0 Å². The van der Waals surface area contributed by atoms with Crippen molar-refractivity contribution in [3.05, 3.63) is 0 Å². The molecule has 1 atom stereocenters. The first-order chi connectivity index (χ1) is 7.42. The van der Waals surface area contributed by atoms with Crippen LogP contribution in [0, 0.1) is 0 Å². The molecule has 0 unspecified atom stereocenters. The fraction of sp³-hybridized carbons (Fsp3) is 1.00. The maximum absolute atomic E-state index is 5.60. The second-order valence-corrected chi connectivity index (χ2v) is 4.20. The van der Waals surface area contributed by atoms with Gasteiger partial charge in [-0.25, -0.2) is 0 Å². The number of methoxy groups -OCH3 is 1. The highest BCUT2D eigenvalue weighted by molar-refractivity contribution is 4.81. The smallest absolute Gasteiger partial charge is 0.173 e. The minimum atomic E-state index is 0.00200. The van der Waals surface area contributed by atoms with E-state index in [1.165, 1.54) is 19.3 Å². The molecule has 2 rings (SSSR count). The Kier molecular flexibility index (Phi) is 4.38. The summed E-state index contributed by atoms with van der Waals surface area (Å²) < 4.78 is 16.3. The van der Waals surface area contributed by atoms with E-state index in [0.717, 1.165) is 32.9 Å². The molecule has 2 aliphatic rings. The van der Waals surface area contributed by atoms with Crippen LogP contribution in [0.25, 0.3) is 0 Å². The van der Waals surface area contributed by atoms with E-state index in [2.05, 4.69) is 4.90 Å². The highest BCUT2D eigenvalue weighted by atomic mass is 16.7. The van der Waals surface area contributed by atoms with Gasteiger partial charge in [-0.15, -0.1) is 0 Å². The van der Waals surface area contributed by atoms with Crippen LogP contribution in [0.15, 0.2) is 0 Å². The summed E-state index contributed by atoms with van der Waals surface area (Å²) >= 11 is 0. The molecule has 0 aromatic rings. The molecule has 2 saturated heterocycles. The normalized spacial score (nSPS) is 29.8. The molecule has 0 radical (unpaired) electrons. The van der Waals surface area contributed by atoms with Gasteiger partial charge >= 0.3 is 0 Å². The van der Waals surface area contributed by atoms with E-state index in [-0.39, 0.29) is 6.29 Å². The van der Waals surface area contributed by atoms with Crippen molar-refractivity contribution < 1.29 is 14.2 Å². The van der Waals surface area contributed by atoms with Crippen molar-refractivity contribution >= 4 is 0 Å². The SMILES string of the molecule is COCCN1CCCC[C@@H]1C1OCCO1. The number of piperidine rings is 1. The lowest BCUT2D eigenvalue weighted by Crippen LogP contribution is -2.48. The van der Waals surface area contributed by atoms with Gasteiger partial charge in [-0.3, -0.25) is 4.90 Å². The van der Waals surface area contributed by atoms with Crippen LogP contribution >= 0.6 is 0 Å². The molecule has 0 amide bonds. The minimum Gasteiger partial charge on any atom is -0.383 e. The summed E-state index contributed by atoms with van der Waals surface area (Å²) in [5.41, 5.74) is 0. The maximum Gasteiger partial charge on any atom is 0.173 e. The second kappa shape index (κ2) is 5.80.